The molecule has 0 bridgehead atoms. The van der Waals surface area contributed by atoms with E-state index in [1.807, 2.05) is 31.2 Å². The zero-order chi connectivity index (χ0) is 15.5. The molecule has 5 nitrogen and oxygen atoms in total. The average molecular weight is 289 g/mol. The highest BCUT2D eigenvalue weighted by Gasteiger charge is 2.39. The fraction of sp³-hybridized carbons (Fsp3) is 0.500. The molecular weight excluding hydrogens is 266 g/mol. The van der Waals surface area contributed by atoms with E-state index in [2.05, 4.69) is 10.2 Å². The Kier molecular flexibility index (Phi) is 4.63. The number of rotatable bonds is 4. The maximum Gasteiger partial charge on any atom is 0.237 e. The van der Waals surface area contributed by atoms with Gasteiger partial charge in [-0.2, -0.15) is 0 Å². The normalized spacial score (nSPS) is 22.8. The van der Waals surface area contributed by atoms with Crippen LogP contribution in [-0.2, 0) is 16.1 Å². The first-order chi connectivity index (χ1) is 9.91. The van der Waals surface area contributed by atoms with Crippen molar-refractivity contribution in [1.29, 1.82) is 0 Å². The lowest BCUT2D eigenvalue weighted by Crippen LogP contribution is -2.57. The predicted molar refractivity (Wildman–Crippen MR) is 82.6 cm³/mol. The summed E-state index contributed by atoms with van der Waals surface area (Å²) in [5.41, 5.74) is 6.93. The first-order valence-electron chi connectivity index (χ1n) is 7.33. The smallest absolute Gasteiger partial charge is 0.237 e. The number of amides is 2. The summed E-state index contributed by atoms with van der Waals surface area (Å²) in [6.45, 7) is 4.99. The Morgan fingerprint density at radius 3 is 2.52 bits per heavy atom. The zero-order valence-corrected chi connectivity index (χ0v) is 12.7. The summed E-state index contributed by atoms with van der Waals surface area (Å²) in [4.78, 5) is 24.9. The standard InChI is InChI=1S/C16H23N3O2/c1-12(20)18-14-7-5-13(6-8-14)11-19-10-4-3-9-16(19,2)15(17)21/h5-8H,3-4,9-11H2,1-2H3,(H2,17,21)(H,18,20)/t16-/m1/s1. The van der Waals surface area contributed by atoms with E-state index in [0.717, 1.165) is 37.1 Å². The largest absolute Gasteiger partial charge is 0.368 e. The summed E-state index contributed by atoms with van der Waals surface area (Å²) in [6.07, 6.45) is 2.94. The highest BCUT2D eigenvalue weighted by atomic mass is 16.2. The molecule has 1 aliphatic heterocycles. The van der Waals surface area contributed by atoms with Crippen LogP contribution in [0, 0.1) is 0 Å². The molecule has 21 heavy (non-hydrogen) atoms. The Bertz CT molecular complexity index is 527. The van der Waals surface area contributed by atoms with Gasteiger partial charge in [0.25, 0.3) is 0 Å². The number of hydrogen-bond acceptors (Lipinski definition) is 3. The number of carbonyl (C=O) groups excluding carboxylic acids is 2. The van der Waals surface area contributed by atoms with E-state index < -0.39 is 5.54 Å². The molecule has 1 heterocycles. The lowest BCUT2D eigenvalue weighted by Gasteiger charge is -2.42. The molecule has 2 rings (SSSR count). The molecule has 0 aliphatic carbocycles. The van der Waals surface area contributed by atoms with Gasteiger partial charge in [0.05, 0.1) is 5.54 Å². The Balaban J connectivity index is 2.09. The van der Waals surface area contributed by atoms with Crippen LogP contribution in [0.4, 0.5) is 5.69 Å². The number of benzene rings is 1. The summed E-state index contributed by atoms with van der Waals surface area (Å²) in [5.74, 6) is -0.336. The number of likely N-dealkylation sites (tertiary alicyclic amines) is 1. The van der Waals surface area contributed by atoms with Crippen LogP contribution in [0.3, 0.4) is 0 Å². The van der Waals surface area contributed by atoms with Gasteiger partial charge in [-0.25, -0.2) is 0 Å². The molecule has 1 saturated heterocycles. The Labute approximate surface area is 125 Å². The summed E-state index contributed by atoms with van der Waals surface area (Å²) in [5, 5.41) is 2.74. The van der Waals surface area contributed by atoms with Crippen molar-refractivity contribution in [3.05, 3.63) is 29.8 Å². The van der Waals surface area contributed by atoms with Crippen molar-refractivity contribution >= 4 is 17.5 Å². The highest BCUT2D eigenvalue weighted by molar-refractivity contribution is 5.88. The summed E-state index contributed by atoms with van der Waals surface area (Å²) in [7, 11) is 0. The third kappa shape index (κ3) is 3.61. The van der Waals surface area contributed by atoms with Gasteiger partial charge in [0.15, 0.2) is 0 Å². The third-order valence-electron chi connectivity index (χ3n) is 4.22. The van der Waals surface area contributed by atoms with Crippen LogP contribution in [0.15, 0.2) is 24.3 Å². The molecule has 0 spiro atoms. The predicted octanol–water partition coefficient (Wildman–Crippen LogP) is 1.87. The molecule has 1 atom stereocenters. The molecule has 1 aromatic rings. The van der Waals surface area contributed by atoms with Gasteiger partial charge < -0.3 is 11.1 Å². The number of piperidine rings is 1. The Morgan fingerprint density at radius 2 is 1.95 bits per heavy atom. The van der Waals surface area contributed by atoms with Crippen molar-refractivity contribution in [2.75, 3.05) is 11.9 Å². The van der Waals surface area contributed by atoms with Crippen LogP contribution in [0.1, 0.15) is 38.7 Å². The molecule has 114 valence electrons. The van der Waals surface area contributed by atoms with E-state index >= 15 is 0 Å². The number of primary amides is 1. The summed E-state index contributed by atoms with van der Waals surface area (Å²) < 4.78 is 0. The fourth-order valence-electron chi connectivity index (χ4n) is 2.83. The van der Waals surface area contributed by atoms with Crippen LogP contribution >= 0.6 is 0 Å². The lowest BCUT2D eigenvalue weighted by atomic mass is 9.87. The molecule has 1 aliphatic rings. The maximum atomic E-state index is 11.8. The second-order valence-electron chi connectivity index (χ2n) is 5.89. The molecule has 2 amide bonds. The van der Waals surface area contributed by atoms with Crippen LogP contribution < -0.4 is 11.1 Å². The molecule has 0 radical (unpaired) electrons. The number of carbonyl (C=O) groups is 2. The minimum Gasteiger partial charge on any atom is -0.368 e. The van der Waals surface area contributed by atoms with Crippen molar-refractivity contribution < 1.29 is 9.59 Å². The first-order valence-corrected chi connectivity index (χ1v) is 7.33. The Hall–Kier alpha value is -1.88. The zero-order valence-electron chi connectivity index (χ0n) is 12.7. The van der Waals surface area contributed by atoms with Gasteiger partial charge in [-0.15, -0.1) is 0 Å². The van der Waals surface area contributed by atoms with Gasteiger partial charge in [-0.3, -0.25) is 14.5 Å². The number of hydrogen-bond donors (Lipinski definition) is 2. The van der Waals surface area contributed by atoms with Gasteiger partial charge in [-0.1, -0.05) is 12.1 Å². The van der Waals surface area contributed by atoms with Crippen LogP contribution in [0.2, 0.25) is 0 Å². The van der Waals surface area contributed by atoms with E-state index in [1.54, 1.807) is 0 Å². The number of nitrogens with one attached hydrogen (secondary N) is 1. The maximum absolute atomic E-state index is 11.8. The van der Waals surface area contributed by atoms with Crippen molar-refractivity contribution in [2.45, 2.75) is 45.2 Å². The topological polar surface area (TPSA) is 75.4 Å². The van der Waals surface area contributed by atoms with Gasteiger partial charge in [0.2, 0.25) is 11.8 Å². The lowest BCUT2D eigenvalue weighted by molar-refractivity contribution is -0.132. The Morgan fingerprint density at radius 1 is 1.29 bits per heavy atom. The van der Waals surface area contributed by atoms with Gasteiger partial charge >= 0.3 is 0 Å². The molecular formula is C16H23N3O2. The average Bonchev–Trinajstić information content (AvgIpc) is 2.43. The van der Waals surface area contributed by atoms with Gasteiger partial charge in [0.1, 0.15) is 0 Å². The SMILES string of the molecule is CC(=O)Nc1ccc(CN2CCCC[C@]2(C)C(N)=O)cc1. The van der Waals surface area contributed by atoms with E-state index in [9.17, 15) is 9.59 Å². The van der Waals surface area contributed by atoms with Crippen molar-refractivity contribution in [3.63, 3.8) is 0 Å². The van der Waals surface area contributed by atoms with E-state index in [1.165, 1.54) is 6.92 Å². The molecule has 3 N–H and O–H groups in total. The monoisotopic (exact) mass is 289 g/mol. The molecule has 1 aromatic carbocycles. The van der Waals surface area contributed by atoms with Crippen molar-refractivity contribution in [1.82, 2.24) is 4.90 Å². The second-order valence-corrected chi connectivity index (χ2v) is 5.89. The minimum absolute atomic E-state index is 0.0833. The number of nitrogens with two attached hydrogens (primary N) is 1. The third-order valence-corrected chi connectivity index (χ3v) is 4.22. The van der Waals surface area contributed by atoms with E-state index in [4.69, 9.17) is 5.73 Å². The van der Waals surface area contributed by atoms with Crippen molar-refractivity contribution in [2.24, 2.45) is 5.73 Å². The number of nitrogens with zero attached hydrogens (tertiary/aromatic N) is 1. The molecule has 0 saturated carbocycles. The summed E-state index contributed by atoms with van der Waals surface area (Å²) >= 11 is 0. The molecule has 5 heteroatoms. The molecule has 0 aromatic heterocycles. The van der Waals surface area contributed by atoms with Crippen LogP contribution in [0.25, 0.3) is 0 Å². The molecule has 0 unspecified atom stereocenters. The minimum atomic E-state index is -0.561. The van der Waals surface area contributed by atoms with E-state index in [-0.39, 0.29) is 11.8 Å². The van der Waals surface area contributed by atoms with Crippen LogP contribution in [0.5, 0.6) is 0 Å². The van der Waals surface area contributed by atoms with Crippen LogP contribution in [-0.4, -0.2) is 28.8 Å². The second kappa shape index (κ2) is 6.26. The summed E-state index contributed by atoms with van der Waals surface area (Å²) in [6, 6.07) is 7.70. The van der Waals surface area contributed by atoms with Gasteiger partial charge in [0, 0.05) is 19.2 Å². The fourth-order valence-corrected chi connectivity index (χ4v) is 2.83. The number of anilines is 1. The highest BCUT2D eigenvalue weighted by Crippen LogP contribution is 2.29. The first kappa shape index (κ1) is 15.5. The van der Waals surface area contributed by atoms with Crippen molar-refractivity contribution in [3.8, 4) is 0 Å². The molecule has 1 fully saturated rings. The van der Waals surface area contributed by atoms with Gasteiger partial charge in [-0.05, 0) is 50.4 Å². The van der Waals surface area contributed by atoms with E-state index in [0.29, 0.717) is 6.54 Å². The quantitative estimate of drug-likeness (QED) is 0.888.